The molecule has 2 aromatic heterocycles. The Kier molecular flexibility index (Phi) is 5.30. The molecule has 0 aliphatic carbocycles. The van der Waals surface area contributed by atoms with Crippen LogP contribution in [0.5, 0.6) is 0 Å². The number of rotatable bonds is 5. The molecule has 1 aliphatic heterocycles. The Labute approximate surface area is 146 Å². The summed E-state index contributed by atoms with van der Waals surface area (Å²) < 4.78 is 9.69. The monoisotopic (exact) mass is 348 g/mol. The van der Waals surface area contributed by atoms with Gasteiger partial charge in [-0.1, -0.05) is 11.4 Å². The highest BCUT2D eigenvalue weighted by Crippen LogP contribution is 2.27. The number of likely N-dealkylation sites (tertiary alicyclic amines) is 1. The molecule has 24 heavy (non-hydrogen) atoms. The Balaban J connectivity index is 1.70. The average Bonchev–Trinajstić information content (AvgIpc) is 3.18. The molecule has 1 aliphatic rings. The first-order valence-corrected chi connectivity index (χ1v) is 9.19. The van der Waals surface area contributed by atoms with Crippen molar-refractivity contribution in [3.63, 3.8) is 0 Å². The number of aryl methyl sites for hydroxylation is 2. The van der Waals surface area contributed by atoms with Crippen molar-refractivity contribution < 1.29 is 9.21 Å². The summed E-state index contributed by atoms with van der Waals surface area (Å²) in [5.74, 6) is 2.47. The number of carbonyl (C=O) groups excluding carboxylic acids is 1. The molecule has 0 spiro atoms. The molecule has 3 rings (SSSR count). The fourth-order valence-corrected chi connectivity index (χ4v) is 3.66. The van der Waals surface area contributed by atoms with Crippen LogP contribution in [0.25, 0.3) is 0 Å². The molecule has 0 radical (unpaired) electrons. The predicted octanol–water partition coefficient (Wildman–Crippen LogP) is 2.95. The third kappa shape index (κ3) is 3.84. The lowest BCUT2D eigenvalue weighted by molar-refractivity contribution is 0.0898. The number of hydrogen-bond acceptors (Lipinski definition) is 6. The van der Waals surface area contributed by atoms with Gasteiger partial charge in [-0.2, -0.15) is 0 Å². The van der Waals surface area contributed by atoms with Crippen LogP contribution in [0, 0.1) is 19.8 Å². The highest BCUT2D eigenvalue weighted by atomic mass is 32.1. The van der Waals surface area contributed by atoms with E-state index >= 15 is 0 Å². The molecule has 6 nitrogen and oxygen atoms in total. The van der Waals surface area contributed by atoms with Crippen LogP contribution in [0.1, 0.15) is 52.7 Å². The molecule has 1 amide bonds. The molecular weight excluding hydrogens is 324 g/mol. The minimum atomic E-state index is -0.110. The van der Waals surface area contributed by atoms with Crippen molar-refractivity contribution >= 4 is 17.4 Å². The van der Waals surface area contributed by atoms with Crippen LogP contribution in [-0.2, 0) is 0 Å². The van der Waals surface area contributed by atoms with Gasteiger partial charge in [0.25, 0.3) is 5.91 Å². The van der Waals surface area contributed by atoms with Crippen LogP contribution in [-0.4, -0.2) is 40.0 Å². The van der Waals surface area contributed by atoms with Gasteiger partial charge in [0.05, 0.1) is 11.7 Å². The minimum absolute atomic E-state index is 0.0661. The van der Waals surface area contributed by atoms with E-state index in [2.05, 4.69) is 26.7 Å². The fourth-order valence-electron chi connectivity index (χ4n) is 3.09. The van der Waals surface area contributed by atoms with E-state index in [0.717, 1.165) is 42.1 Å². The zero-order valence-corrected chi connectivity index (χ0v) is 15.2. The van der Waals surface area contributed by atoms with Crippen LogP contribution in [0.4, 0.5) is 0 Å². The van der Waals surface area contributed by atoms with Crippen LogP contribution >= 0.6 is 11.5 Å². The number of carbonyl (C=O) groups is 1. The Bertz CT molecular complexity index is 688. The zero-order chi connectivity index (χ0) is 17.1. The van der Waals surface area contributed by atoms with Gasteiger partial charge in [-0.3, -0.25) is 9.69 Å². The lowest BCUT2D eigenvalue weighted by atomic mass is 9.97. The Morgan fingerprint density at radius 3 is 2.75 bits per heavy atom. The molecule has 1 saturated heterocycles. The second kappa shape index (κ2) is 7.44. The molecule has 130 valence electrons. The van der Waals surface area contributed by atoms with E-state index in [1.54, 1.807) is 6.92 Å². The third-order valence-corrected chi connectivity index (χ3v) is 5.49. The molecular formula is C17H24N4O2S. The maximum Gasteiger partial charge on any atom is 0.265 e. The van der Waals surface area contributed by atoms with Crippen LogP contribution in [0.3, 0.4) is 0 Å². The number of furan rings is 1. The fraction of sp³-hybridized carbons (Fsp3) is 0.588. The van der Waals surface area contributed by atoms with E-state index in [0.29, 0.717) is 17.1 Å². The van der Waals surface area contributed by atoms with Crippen molar-refractivity contribution in [2.45, 2.75) is 39.7 Å². The maximum atomic E-state index is 12.4. The summed E-state index contributed by atoms with van der Waals surface area (Å²) in [6, 6.07) is 4.06. The second-order valence-electron chi connectivity index (χ2n) is 6.58. The molecule has 0 saturated carbocycles. The van der Waals surface area contributed by atoms with Crippen molar-refractivity contribution in [3.8, 4) is 0 Å². The number of nitrogens with one attached hydrogen (secondary N) is 1. The lowest BCUT2D eigenvalue weighted by Crippen LogP contribution is -2.41. The Hall–Kier alpha value is -1.73. The smallest absolute Gasteiger partial charge is 0.265 e. The van der Waals surface area contributed by atoms with Crippen molar-refractivity contribution in [2.24, 2.45) is 5.92 Å². The van der Waals surface area contributed by atoms with Gasteiger partial charge < -0.3 is 9.73 Å². The van der Waals surface area contributed by atoms with Gasteiger partial charge in [0.15, 0.2) is 0 Å². The van der Waals surface area contributed by atoms with E-state index < -0.39 is 0 Å². The molecule has 0 unspecified atom stereocenters. The van der Waals surface area contributed by atoms with E-state index in [1.165, 1.54) is 12.8 Å². The summed E-state index contributed by atoms with van der Waals surface area (Å²) in [5, 5.41) is 6.94. The molecule has 0 bridgehead atoms. The van der Waals surface area contributed by atoms with Gasteiger partial charge in [0, 0.05) is 6.54 Å². The molecule has 1 N–H and O–H groups in total. The van der Waals surface area contributed by atoms with Crippen molar-refractivity contribution in [1.82, 2.24) is 19.8 Å². The predicted molar refractivity (Wildman–Crippen MR) is 93.1 cm³/mol. The van der Waals surface area contributed by atoms with Gasteiger partial charge in [-0.05, 0) is 69.4 Å². The largest absolute Gasteiger partial charge is 0.465 e. The van der Waals surface area contributed by atoms with Gasteiger partial charge in [-0.25, -0.2) is 0 Å². The average molecular weight is 348 g/mol. The van der Waals surface area contributed by atoms with Gasteiger partial charge in [0.2, 0.25) is 0 Å². The Morgan fingerprint density at radius 2 is 2.17 bits per heavy atom. The van der Waals surface area contributed by atoms with Gasteiger partial charge >= 0.3 is 0 Å². The summed E-state index contributed by atoms with van der Waals surface area (Å²) in [7, 11) is 0. The highest BCUT2D eigenvalue weighted by molar-refractivity contribution is 7.07. The van der Waals surface area contributed by atoms with E-state index in [-0.39, 0.29) is 11.9 Å². The first-order valence-electron chi connectivity index (χ1n) is 8.42. The van der Waals surface area contributed by atoms with Crippen molar-refractivity contribution in [1.29, 1.82) is 0 Å². The zero-order valence-electron chi connectivity index (χ0n) is 14.4. The molecule has 1 atom stereocenters. The van der Waals surface area contributed by atoms with E-state index in [1.807, 2.05) is 19.1 Å². The molecule has 0 aromatic carbocycles. The maximum absolute atomic E-state index is 12.4. The molecule has 2 aromatic rings. The first kappa shape index (κ1) is 17.1. The normalized spacial score (nSPS) is 17.8. The number of aromatic nitrogens is 2. The topological polar surface area (TPSA) is 71.3 Å². The van der Waals surface area contributed by atoms with E-state index in [4.69, 9.17) is 4.42 Å². The quantitative estimate of drug-likeness (QED) is 0.899. The third-order valence-electron chi connectivity index (χ3n) is 4.66. The minimum Gasteiger partial charge on any atom is -0.465 e. The number of hydrogen-bond donors (Lipinski definition) is 1. The molecule has 1 fully saturated rings. The van der Waals surface area contributed by atoms with Crippen LogP contribution < -0.4 is 5.32 Å². The lowest BCUT2D eigenvalue weighted by Gasteiger charge is -2.35. The highest BCUT2D eigenvalue weighted by Gasteiger charge is 2.27. The van der Waals surface area contributed by atoms with Gasteiger partial charge in [-0.15, -0.1) is 5.10 Å². The molecule has 3 heterocycles. The SMILES string of the molecule is Cc1ccc([C@@H](CNC(=O)c2snnc2C)N2CCC(C)CC2)o1. The standard InChI is InChI=1S/C17H24N4O2S/c1-11-6-8-21(9-7-11)14(15-5-4-12(2)23-15)10-18-17(22)16-13(3)19-20-24-16/h4-5,11,14H,6-10H2,1-3H3,(H,18,22)/t14-/m1/s1. The van der Waals surface area contributed by atoms with Crippen molar-refractivity contribution in [3.05, 3.63) is 34.2 Å². The van der Waals surface area contributed by atoms with Crippen LogP contribution in [0.2, 0.25) is 0 Å². The number of amides is 1. The summed E-state index contributed by atoms with van der Waals surface area (Å²) in [6.07, 6.45) is 2.37. The van der Waals surface area contributed by atoms with Crippen molar-refractivity contribution in [2.75, 3.05) is 19.6 Å². The number of nitrogens with zero attached hydrogens (tertiary/aromatic N) is 3. The molecule has 7 heteroatoms. The summed E-state index contributed by atoms with van der Waals surface area (Å²) in [4.78, 5) is 15.4. The first-order chi connectivity index (χ1) is 11.5. The van der Waals surface area contributed by atoms with E-state index in [9.17, 15) is 4.79 Å². The number of piperidine rings is 1. The Morgan fingerprint density at radius 1 is 1.42 bits per heavy atom. The van der Waals surface area contributed by atoms with Crippen LogP contribution in [0.15, 0.2) is 16.5 Å². The summed E-state index contributed by atoms with van der Waals surface area (Å²) in [6.45, 7) is 8.63. The summed E-state index contributed by atoms with van der Waals surface area (Å²) >= 11 is 1.13. The second-order valence-corrected chi connectivity index (χ2v) is 7.33. The summed E-state index contributed by atoms with van der Waals surface area (Å²) in [5.41, 5.74) is 0.676. The van der Waals surface area contributed by atoms with Gasteiger partial charge in [0.1, 0.15) is 16.4 Å².